The number of hydrogen-bond acceptors (Lipinski definition) is 8. The lowest BCUT2D eigenvalue weighted by Crippen LogP contribution is -2.22. The van der Waals surface area contributed by atoms with Crippen molar-refractivity contribution in [1.29, 1.82) is 5.26 Å². The molecule has 1 heterocycles. The Balaban J connectivity index is 1.57. The number of benzene rings is 3. The molecule has 4 rings (SSSR count). The summed E-state index contributed by atoms with van der Waals surface area (Å²) in [6.07, 6.45) is 0. The molecule has 0 bridgehead atoms. The summed E-state index contributed by atoms with van der Waals surface area (Å²) in [6, 6.07) is 17.6. The van der Waals surface area contributed by atoms with Gasteiger partial charge in [0.15, 0.2) is 18.1 Å². The van der Waals surface area contributed by atoms with E-state index in [1.807, 2.05) is 19.9 Å². The predicted molar refractivity (Wildman–Crippen MR) is 137 cm³/mol. The normalized spacial score (nSPS) is 14.2. The van der Waals surface area contributed by atoms with Crippen LogP contribution in [0.25, 0.3) is 0 Å². The van der Waals surface area contributed by atoms with Crippen LogP contribution in [0.4, 0.5) is 0 Å². The highest BCUT2D eigenvalue weighted by atomic mass is 35.5. The molecular formula is C28H25ClN2O6. The van der Waals surface area contributed by atoms with E-state index in [2.05, 4.69) is 6.07 Å². The molecule has 1 aliphatic heterocycles. The summed E-state index contributed by atoms with van der Waals surface area (Å²) in [6.45, 7) is 3.91. The average molecular weight is 521 g/mol. The quantitative estimate of drug-likeness (QED) is 0.316. The standard InChI is InChI=1S/C28H25ClN2O6/c1-4-34-23-10-5-17(12-25(23)33-3)27-20-8-6-19(13-24(20)37-28(31)21(27)14-30)36-26(32)15-35-18-7-9-22(29)16(2)11-18/h5-13,27H,4,15,31H2,1-3H3. The van der Waals surface area contributed by atoms with Crippen LogP contribution in [-0.2, 0) is 4.79 Å². The SMILES string of the molecule is CCOc1ccc(C2C(C#N)=C(N)Oc3cc(OC(=O)COc4ccc(Cl)c(C)c4)ccc32)cc1OC. The van der Waals surface area contributed by atoms with Crippen LogP contribution in [0.1, 0.15) is 29.5 Å². The number of hydrogen-bond donors (Lipinski definition) is 1. The number of nitriles is 1. The molecule has 1 unspecified atom stereocenters. The number of nitrogens with two attached hydrogens (primary N) is 1. The van der Waals surface area contributed by atoms with Crippen molar-refractivity contribution < 1.29 is 28.5 Å². The van der Waals surface area contributed by atoms with Crippen molar-refractivity contribution in [3.05, 3.63) is 87.8 Å². The summed E-state index contributed by atoms with van der Waals surface area (Å²) in [5, 5.41) is 10.4. The van der Waals surface area contributed by atoms with E-state index in [1.54, 1.807) is 55.6 Å². The van der Waals surface area contributed by atoms with Crippen LogP contribution in [0, 0.1) is 18.3 Å². The summed E-state index contributed by atoms with van der Waals surface area (Å²) >= 11 is 6.02. The minimum Gasteiger partial charge on any atom is -0.493 e. The number of ether oxygens (including phenoxy) is 5. The second kappa shape index (κ2) is 11.1. The Hall–Kier alpha value is -4.35. The van der Waals surface area contributed by atoms with Crippen LogP contribution in [0.2, 0.25) is 5.02 Å². The molecule has 0 fully saturated rings. The number of methoxy groups -OCH3 is 1. The number of allylic oxidation sites excluding steroid dienone is 1. The predicted octanol–water partition coefficient (Wildman–Crippen LogP) is 5.26. The number of carbonyl (C=O) groups is 1. The Morgan fingerprint density at radius 3 is 2.57 bits per heavy atom. The molecule has 0 amide bonds. The van der Waals surface area contributed by atoms with Gasteiger partial charge in [0.05, 0.1) is 19.6 Å². The Morgan fingerprint density at radius 1 is 1.08 bits per heavy atom. The van der Waals surface area contributed by atoms with E-state index in [1.165, 1.54) is 0 Å². The third kappa shape index (κ3) is 5.57. The third-order valence-electron chi connectivity index (χ3n) is 5.73. The lowest BCUT2D eigenvalue weighted by Gasteiger charge is -2.27. The minimum absolute atomic E-state index is 0.0298. The first-order chi connectivity index (χ1) is 17.8. The summed E-state index contributed by atoms with van der Waals surface area (Å²) in [4.78, 5) is 12.4. The Bertz CT molecular complexity index is 1410. The highest BCUT2D eigenvalue weighted by Crippen LogP contribution is 2.45. The molecule has 2 N–H and O–H groups in total. The first kappa shape index (κ1) is 25.7. The Labute approximate surface area is 219 Å². The van der Waals surface area contributed by atoms with Crippen LogP contribution < -0.4 is 29.4 Å². The van der Waals surface area contributed by atoms with Crippen molar-refractivity contribution >= 4 is 17.6 Å². The molecule has 1 atom stereocenters. The number of fused-ring (bicyclic) bond motifs is 1. The molecule has 190 valence electrons. The topological polar surface area (TPSA) is 113 Å². The van der Waals surface area contributed by atoms with Gasteiger partial charge in [-0.15, -0.1) is 0 Å². The zero-order chi connectivity index (χ0) is 26.5. The van der Waals surface area contributed by atoms with Gasteiger partial charge in [0.2, 0.25) is 5.88 Å². The maximum atomic E-state index is 12.4. The van der Waals surface area contributed by atoms with E-state index in [0.29, 0.717) is 40.2 Å². The molecule has 0 saturated heterocycles. The maximum absolute atomic E-state index is 12.4. The highest BCUT2D eigenvalue weighted by Gasteiger charge is 2.31. The smallest absolute Gasteiger partial charge is 0.349 e. The summed E-state index contributed by atoms with van der Waals surface area (Å²) in [5.41, 5.74) is 8.65. The minimum atomic E-state index is -0.600. The van der Waals surface area contributed by atoms with Crippen LogP contribution >= 0.6 is 11.6 Å². The van der Waals surface area contributed by atoms with Crippen molar-refractivity contribution in [2.45, 2.75) is 19.8 Å². The van der Waals surface area contributed by atoms with E-state index >= 15 is 0 Å². The average Bonchev–Trinajstić information content (AvgIpc) is 2.89. The number of halogens is 1. The van der Waals surface area contributed by atoms with Gasteiger partial charge in [-0.05, 0) is 61.4 Å². The van der Waals surface area contributed by atoms with Crippen molar-refractivity contribution in [1.82, 2.24) is 0 Å². The molecule has 1 aliphatic rings. The maximum Gasteiger partial charge on any atom is 0.349 e. The fourth-order valence-corrected chi connectivity index (χ4v) is 4.11. The first-order valence-electron chi connectivity index (χ1n) is 11.5. The molecule has 3 aromatic rings. The number of nitrogens with zero attached hydrogens (tertiary/aromatic N) is 1. The van der Waals surface area contributed by atoms with Gasteiger partial charge >= 0.3 is 5.97 Å². The van der Waals surface area contributed by atoms with E-state index < -0.39 is 11.9 Å². The lowest BCUT2D eigenvalue weighted by atomic mass is 9.83. The van der Waals surface area contributed by atoms with Gasteiger partial charge in [-0.3, -0.25) is 0 Å². The summed E-state index contributed by atoms with van der Waals surface area (Å²) in [5.74, 6) is 1.10. The largest absolute Gasteiger partial charge is 0.493 e. The molecule has 0 aliphatic carbocycles. The molecule has 3 aromatic carbocycles. The van der Waals surface area contributed by atoms with Gasteiger partial charge in [-0.2, -0.15) is 5.26 Å². The number of esters is 1. The third-order valence-corrected chi connectivity index (χ3v) is 6.15. The second-order valence-corrected chi connectivity index (χ2v) is 8.55. The van der Waals surface area contributed by atoms with Gasteiger partial charge in [0.25, 0.3) is 0 Å². The van der Waals surface area contributed by atoms with Crippen molar-refractivity contribution in [3.63, 3.8) is 0 Å². The molecule has 0 spiro atoms. The number of aryl methyl sites for hydroxylation is 1. The van der Waals surface area contributed by atoms with Crippen LogP contribution in [0.15, 0.2) is 66.1 Å². The van der Waals surface area contributed by atoms with E-state index in [4.69, 9.17) is 41.0 Å². The van der Waals surface area contributed by atoms with Gasteiger partial charge in [0.1, 0.15) is 28.9 Å². The Morgan fingerprint density at radius 2 is 1.86 bits per heavy atom. The van der Waals surface area contributed by atoms with E-state index in [-0.39, 0.29) is 23.8 Å². The van der Waals surface area contributed by atoms with Crippen molar-refractivity contribution in [2.24, 2.45) is 5.73 Å². The van der Waals surface area contributed by atoms with E-state index in [0.717, 1.165) is 11.1 Å². The Kier molecular flexibility index (Phi) is 7.75. The highest BCUT2D eigenvalue weighted by molar-refractivity contribution is 6.31. The summed E-state index contributed by atoms with van der Waals surface area (Å²) < 4.78 is 27.8. The summed E-state index contributed by atoms with van der Waals surface area (Å²) in [7, 11) is 1.55. The fraction of sp³-hybridized carbons (Fsp3) is 0.214. The fourth-order valence-electron chi connectivity index (χ4n) is 3.99. The van der Waals surface area contributed by atoms with Crippen LogP contribution in [0.3, 0.4) is 0 Å². The van der Waals surface area contributed by atoms with Gasteiger partial charge in [-0.1, -0.05) is 23.7 Å². The van der Waals surface area contributed by atoms with Gasteiger partial charge < -0.3 is 29.4 Å². The second-order valence-electron chi connectivity index (χ2n) is 8.14. The molecular weight excluding hydrogens is 496 g/mol. The molecule has 0 radical (unpaired) electrons. The van der Waals surface area contributed by atoms with E-state index in [9.17, 15) is 10.1 Å². The van der Waals surface area contributed by atoms with Gasteiger partial charge in [-0.25, -0.2) is 4.79 Å². The zero-order valence-corrected chi connectivity index (χ0v) is 21.3. The molecule has 37 heavy (non-hydrogen) atoms. The van der Waals surface area contributed by atoms with Crippen LogP contribution in [-0.4, -0.2) is 26.3 Å². The monoisotopic (exact) mass is 520 g/mol. The van der Waals surface area contributed by atoms with Crippen LogP contribution in [0.5, 0.6) is 28.7 Å². The number of carbonyl (C=O) groups excluding carboxylic acids is 1. The lowest BCUT2D eigenvalue weighted by molar-refractivity contribution is -0.136. The molecule has 8 nitrogen and oxygen atoms in total. The van der Waals surface area contributed by atoms with Gasteiger partial charge in [0, 0.05) is 16.7 Å². The molecule has 0 saturated carbocycles. The zero-order valence-electron chi connectivity index (χ0n) is 20.5. The number of rotatable bonds is 8. The molecule has 0 aromatic heterocycles. The molecule has 9 heteroatoms. The first-order valence-corrected chi connectivity index (χ1v) is 11.8. The van der Waals surface area contributed by atoms with Crippen molar-refractivity contribution in [3.8, 4) is 34.8 Å². The van der Waals surface area contributed by atoms with Crippen molar-refractivity contribution in [2.75, 3.05) is 20.3 Å².